The van der Waals surface area contributed by atoms with Crippen LogP contribution >= 0.6 is 0 Å². The topological polar surface area (TPSA) is 67.8 Å². The van der Waals surface area contributed by atoms with Crippen molar-refractivity contribution in [3.8, 4) is 0 Å². The summed E-state index contributed by atoms with van der Waals surface area (Å²) in [6.45, 7) is 9.27. The summed E-state index contributed by atoms with van der Waals surface area (Å²) in [5.41, 5.74) is 1.80. The fourth-order valence-electron chi connectivity index (χ4n) is 1.00. The zero-order valence-corrected chi connectivity index (χ0v) is 10.5. The minimum atomic E-state index is -0.560. The Hall–Kier alpha value is -1.39. The summed E-state index contributed by atoms with van der Waals surface area (Å²) < 4.78 is 5.17. The van der Waals surface area contributed by atoms with E-state index < -0.39 is 11.6 Å². The van der Waals surface area contributed by atoms with E-state index in [2.05, 4.69) is 10.5 Å². The molecule has 16 heavy (non-hydrogen) atoms. The van der Waals surface area contributed by atoms with Crippen LogP contribution in [0, 0.1) is 5.92 Å². The molecule has 0 aromatic carbocycles. The van der Waals surface area contributed by atoms with Crippen LogP contribution in [-0.2, 0) is 14.3 Å². The molecule has 0 spiro atoms. The number of nitrogens with one attached hydrogen (secondary N) is 1. The standard InChI is InChI=1S/C11H20N2O3/c1-8(2)6-9(13-12-7-14)10(15)16-11(3,4)5/h7-8H,6H2,1-5H3,(H,12,14). The lowest BCUT2D eigenvalue weighted by Crippen LogP contribution is -2.30. The second kappa shape index (κ2) is 6.25. The Balaban J connectivity index is 4.63. The number of amides is 1. The Morgan fingerprint density at radius 3 is 2.38 bits per heavy atom. The zero-order valence-electron chi connectivity index (χ0n) is 10.5. The first kappa shape index (κ1) is 14.6. The number of hydrazone groups is 1. The highest BCUT2D eigenvalue weighted by Crippen LogP contribution is 2.10. The van der Waals surface area contributed by atoms with E-state index in [1.165, 1.54) is 0 Å². The Morgan fingerprint density at radius 2 is 2.00 bits per heavy atom. The Bertz CT molecular complexity index is 277. The number of hydrogen-bond donors (Lipinski definition) is 1. The molecule has 5 heteroatoms. The van der Waals surface area contributed by atoms with Crippen LogP contribution in [0.4, 0.5) is 0 Å². The number of hydrogen-bond acceptors (Lipinski definition) is 4. The van der Waals surface area contributed by atoms with Gasteiger partial charge in [-0.2, -0.15) is 5.10 Å². The predicted molar refractivity (Wildman–Crippen MR) is 61.9 cm³/mol. The van der Waals surface area contributed by atoms with Crippen LogP contribution in [0.5, 0.6) is 0 Å². The fraction of sp³-hybridized carbons (Fsp3) is 0.727. The molecule has 92 valence electrons. The van der Waals surface area contributed by atoms with Gasteiger partial charge in [-0.15, -0.1) is 0 Å². The molecule has 0 saturated heterocycles. The van der Waals surface area contributed by atoms with Crippen LogP contribution in [0.1, 0.15) is 41.0 Å². The lowest BCUT2D eigenvalue weighted by Gasteiger charge is -2.20. The van der Waals surface area contributed by atoms with Crippen molar-refractivity contribution in [3.63, 3.8) is 0 Å². The third-order valence-electron chi connectivity index (χ3n) is 1.49. The molecule has 1 N–H and O–H groups in total. The van der Waals surface area contributed by atoms with Crippen molar-refractivity contribution in [1.29, 1.82) is 0 Å². The molecular formula is C11H20N2O3. The SMILES string of the molecule is CC(C)CC(=NNC=O)C(=O)OC(C)(C)C. The van der Waals surface area contributed by atoms with Gasteiger partial charge in [-0.3, -0.25) is 4.79 Å². The van der Waals surface area contributed by atoms with Gasteiger partial charge >= 0.3 is 5.97 Å². The molecule has 0 aromatic heterocycles. The first-order chi connectivity index (χ1) is 7.26. The summed E-state index contributed by atoms with van der Waals surface area (Å²) in [5.74, 6) is -0.227. The van der Waals surface area contributed by atoms with E-state index >= 15 is 0 Å². The molecule has 0 aliphatic heterocycles. The average Bonchev–Trinajstić information content (AvgIpc) is 2.08. The van der Waals surface area contributed by atoms with Crippen molar-refractivity contribution < 1.29 is 14.3 Å². The normalized spacial score (nSPS) is 12.5. The van der Waals surface area contributed by atoms with Gasteiger partial charge in [0.2, 0.25) is 6.41 Å². The van der Waals surface area contributed by atoms with Gasteiger partial charge in [-0.1, -0.05) is 13.8 Å². The molecule has 0 atom stereocenters. The summed E-state index contributed by atoms with van der Waals surface area (Å²) in [5, 5.41) is 3.69. The second-order valence-electron chi connectivity index (χ2n) is 4.91. The zero-order chi connectivity index (χ0) is 12.8. The van der Waals surface area contributed by atoms with Crippen LogP contribution in [0.25, 0.3) is 0 Å². The number of ether oxygens (including phenoxy) is 1. The van der Waals surface area contributed by atoms with Gasteiger partial charge in [-0.25, -0.2) is 10.2 Å². The van der Waals surface area contributed by atoms with Crippen molar-refractivity contribution in [2.24, 2.45) is 11.0 Å². The van der Waals surface area contributed by atoms with Crippen LogP contribution < -0.4 is 5.43 Å². The number of nitrogens with zero attached hydrogens (tertiary/aromatic N) is 1. The Kier molecular flexibility index (Phi) is 5.71. The summed E-state index contributed by atoms with van der Waals surface area (Å²) in [6, 6.07) is 0. The first-order valence-corrected chi connectivity index (χ1v) is 5.25. The predicted octanol–water partition coefficient (Wildman–Crippen LogP) is 1.48. The van der Waals surface area contributed by atoms with E-state index in [1.807, 2.05) is 13.8 Å². The van der Waals surface area contributed by atoms with Crippen LogP contribution in [0.3, 0.4) is 0 Å². The Labute approximate surface area is 96.2 Å². The van der Waals surface area contributed by atoms with Crippen LogP contribution in [0.15, 0.2) is 5.10 Å². The number of carbonyl (C=O) groups excluding carboxylic acids is 2. The average molecular weight is 228 g/mol. The quantitative estimate of drug-likeness (QED) is 0.335. The van der Waals surface area contributed by atoms with Gasteiger partial charge in [0.15, 0.2) is 0 Å². The molecule has 0 aliphatic rings. The molecule has 1 amide bonds. The van der Waals surface area contributed by atoms with Gasteiger partial charge in [0.05, 0.1) is 0 Å². The third kappa shape index (κ3) is 6.98. The summed E-state index contributed by atoms with van der Waals surface area (Å²) in [4.78, 5) is 21.8. The highest BCUT2D eigenvalue weighted by atomic mass is 16.6. The van der Waals surface area contributed by atoms with E-state index in [9.17, 15) is 9.59 Å². The van der Waals surface area contributed by atoms with E-state index in [1.54, 1.807) is 20.8 Å². The van der Waals surface area contributed by atoms with Crippen LogP contribution in [0.2, 0.25) is 0 Å². The maximum Gasteiger partial charge on any atom is 0.355 e. The number of carbonyl (C=O) groups is 2. The van der Waals surface area contributed by atoms with Gasteiger partial charge in [0.1, 0.15) is 11.3 Å². The van der Waals surface area contributed by atoms with Gasteiger partial charge in [-0.05, 0) is 26.7 Å². The molecule has 0 fully saturated rings. The minimum absolute atomic E-state index is 0.233. The highest BCUT2D eigenvalue weighted by Gasteiger charge is 2.21. The van der Waals surface area contributed by atoms with Gasteiger partial charge in [0, 0.05) is 6.42 Å². The van der Waals surface area contributed by atoms with Gasteiger partial charge < -0.3 is 4.74 Å². The molecule has 0 unspecified atom stereocenters. The van der Waals surface area contributed by atoms with Crippen molar-refractivity contribution in [2.45, 2.75) is 46.6 Å². The number of esters is 1. The van der Waals surface area contributed by atoms with Crippen molar-refractivity contribution >= 4 is 18.1 Å². The lowest BCUT2D eigenvalue weighted by molar-refractivity contribution is -0.146. The first-order valence-electron chi connectivity index (χ1n) is 5.25. The van der Waals surface area contributed by atoms with E-state index in [4.69, 9.17) is 4.74 Å². The maximum absolute atomic E-state index is 11.7. The molecule has 0 aliphatic carbocycles. The molecule has 0 heterocycles. The summed E-state index contributed by atoms with van der Waals surface area (Å²) in [7, 11) is 0. The van der Waals surface area contributed by atoms with E-state index in [0.717, 1.165) is 0 Å². The Morgan fingerprint density at radius 1 is 1.44 bits per heavy atom. The second-order valence-corrected chi connectivity index (χ2v) is 4.91. The smallest absolute Gasteiger partial charge is 0.355 e. The molecule has 0 bridgehead atoms. The molecule has 0 radical (unpaired) electrons. The van der Waals surface area contributed by atoms with E-state index in [0.29, 0.717) is 12.8 Å². The molecule has 0 aromatic rings. The van der Waals surface area contributed by atoms with Crippen molar-refractivity contribution in [2.75, 3.05) is 0 Å². The molecular weight excluding hydrogens is 208 g/mol. The lowest BCUT2D eigenvalue weighted by atomic mass is 10.1. The van der Waals surface area contributed by atoms with Crippen molar-refractivity contribution in [1.82, 2.24) is 5.43 Å². The largest absolute Gasteiger partial charge is 0.455 e. The van der Waals surface area contributed by atoms with E-state index in [-0.39, 0.29) is 11.6 Å². The molecule has 0 saturated carbocycles. The molecule has 5 nitrogen and oxygen atoms in total. The van der Waals surface area contributed by atoms with Crippen LogP contribution in [-0.4, -0.2) is 23.7 Å². The third-order valence-corrected chi connectivity index (χ3v) is 1.49. The summed E-state index contributed by atoms with van der Waals surface area (Å²) >= 11 is 0. The van der Waals surface area contributed by atoms with Gasteiger partial charge in [0.25, 0.3) is 0 Å². The minimum Gasteiger partial charge on any atom is -0.455 e. The maximum atomic E-state index is 11.7. The monoisotopic (exact) mass is 228 g/mol. The highest BCUT2D eigenvalue weighted by molar-refractivity contribution is 6.36. The number of rotatable bonds is 5. The summed E-state index contributed by atoms with van der Waals surface area (Å²) in [6.07, 6.45) is 0.889. The van der Waals surface area contributed by atoms with Crippen molar-refractivity contribution in [3.05, 3.63) is 0 Å². The fourth-order valence-corrected chi connectivity index (χ4v) is 1.00. The molecule has 0 rings (SSSR count).